The Labute approximate surface area is 103 Å². The van der Waals surface area contributed by atoms with Crippen LogP contribution in [0, 0.1) is 5.82 Å². The molecular weight excluding hydrogens is 245 g/mol. The summed E-state index contributed by atoms with van der Waals surface area (Å²) in [6.45, 7) is 0.626. The van der Waals surface area contributed by atoms with Crippen molar-refractivity contribution < 1.29 is 13.5 Å². The van der Waals surface area contributed by atoms with E-state index in [1.165, 1.54) is 18.2 Å². The van der Waals surface area contributed by atoms with Crippen LogP contribution in [0.15, 0.2) is 34.9 Å². The first-order chi connectivity index (χ1) is 8.20. The third-order valence-electron chi connectivity index (χ3n) is 2.32. The number of benzene rings is 1. The minimum atomic E-state index is -0.473. The summed E-state index contributed by atoms with van der Waals surface area (Å²) in [5.74, 6) is 0.670. The van der Waals surface area contributed by atoms with Gasteiger partial charge in [0.1, 0.15) is 23.9 Å². The highest BCUT2D eigenvalue weighted by Gasteiger charge is 2.07. The van der Waals surface area contributed by atoms with Crippen molar-refractivity contribution in [1.82, 2.24) is 0 Å². The molecule has 1 aromatic heterocycles. The topological polar surface area (TPSA) is 48.4 Å². The van der Waals surface area contributed by atoms with Crippen LogP contribution in [0.25, 0.3) is 0 Å². The summed E-state index contributed by atoms with van der Waals surface area (Å²) in [5.41, 5.74) is 6.41. The van der Waals surface area contributed by atoms with Crippen LogP contribution in [-0.2, 0) is 13.2 Å². The van der Waals surface area contributed by atoms with Gasteiger partial charge in [-0.2, -0.15) is 0 Å². The first-order valence-electron chi connectivity index (χ1n) is 5.04. The number of furan rings is 1. The second-order valence-electron chi connectivity index (χ2n) is 3.44. The van der Waals surface area contributed by atoms with Crippen LogP contribution in [0.4, 0.5) is 4.39 Å². The quantitative estimate of drug-likeness (QED) is 0.913. The van der Waals surface area contributed by atoms with Gasteiger partial charge in [-0.15, -0.1) is 0 Å². The standard InChI is InChI=1S/C12H11ClFNO2/c13-10-5-9(1-2-11(10)14)17-7-12-8(6-15)3-4-16-12/h1-5H,6-7,15H2. The van der Waals surface area contributed by atoms with Crippen molar-refractivity contribution in [2.24, 2.45) is 5.73 Å². The van der Waals surface area contributed by atoms with Crippen LogP contribution in [-0.4, -0.2) is 0 Å². The molecule has 1 aromatic carbocycles. The molecule has 0 unspecified atom stereocenters. The normalized spacial score (nSPS) is 10.5. The molecule has 0 amide bonds. The molecule has 0 saturated heterocycles. The Morgan fingerprint density at radius 3 is 2.88 bits per heavy atom. The second kappa shape index (κ2) is 5.21. The Balaban J connectivity index is 2.05. The Morgan fingerprint density at radius 1 is 1.35 bits per heavy atom. The lowest BCUT2D eigenvalue weighted by Crippen LogP contribution is -2.01. The lowest BCUT2D eigenvalue weighted by Gasteiger charge is -2.06. The summed E-state index contributed by atoms with van der Waals surface area (Å²) in [7, 11) is 0. The largest absolute Gasteiger partial charge is 0.486 e. The van der Waals surface area contributed by atoms with Gasteiger partial charge in [0.05, 0.1) is 11.3 Å². The summed E-state index contributed by atoms with van der Waals surface area (Å²) in [4.78, 5) is 0. The predicted octanol–water partition coefficient (Wildman–Crippen LogP) is 3.11. The first-order valence-corrected chi connectivity index (χ1v) is 5.41. The van der Waals surface area contributed by atoms with Gasteiger partial charge in [-0.1, -0.05) is 11.6 Å². The monoisotopic (exact) mass is 255 g/mol. The van der Waals surface area contributed by atoms with Gasteiger partial charge in [0.2, 0.25) is 0 Å². The van der Waals surface area contributed by atoms with Crippen LogP contribution in [0.2, 0.25) is 5.02 Å². The van der Waals surface area contributed by atoms with Crippen molar-refractivity contribution in [3.63, 3.8) is 0 Å². The molecule has 0 atom stereocenters. The maximum absolute atomic E-state index is 12.9. The number of nitrogens with two attached hydrogens (primary N) is 1. The molecular formula is C12H11ClFNO2. The molecule has 0 saturated carbocycles. The van der Waals surface area contributed by atoms with Gasteiger partial charge >= 0.3 is 0 Å². The molecule has 0 aliphatic rings. The number of halogens is 2. The highest BCUT2D eigenvalue weighted by Crippen LogP contribution is 2.22. The fourth-order valence-corrected chi connectivity index (χ4v) is 1.56. The van der Waals surface area contributed by atoms with Crippen LogP contribution in [0.1, 0.15) is 11.3 Å². The van der Waals surface area contributed by atoms with Crippen molar-refractivity contribution in [3.05, 3.63) is 52.7 Å². The summed E-state index contributed by atoms with van der Waals surface area (Å²) in [5, 5.41) is 0.0287. The van der Waals surface area contributed by atoms with Crippen LogP contribution in [0.5, 0.6) is 5.75 Å². The van der Waals surface area contributed by atoms with E-state index >= 15 is 0 Å². The smallest absolute Gasteiger partial charge is 0.146 e. The zero-order valence-corrected chi connectivity index (χ0v) is 9.71. The van der Waals surface area contributed by atoms with E-state index in [0.717, 1.165) is 5.56 Å². The summed E-state index contributed by atoms with van der Waals surface area (Å²) in [6, 6.07) is 5.97. The molecule has 2 rings (SSSR count). The average Bonchev–Trinajstić information content (AvgIpc) is 2.78. The maximum Gasteiger partial charge on any atom is 0.146 e. The van der Waals surface area contributed by atoms with E-state index in [9.17, 15) is 4.39 Å². The van der Waals surface area contributed by atoms with E-state index in [-0.39, 0.29) is 11.6 Å². The first kappa shape index (κ1) is 12.0. The van der Waals surface area contributed by atoms with Gasteiger partial charge in [-0.3, -0.25) is 0 Å². The molecule has 5 heteroatoms. The van der Waals surface area contributed by atoms with E-state index in [2.05, 4.69) is 0 Å². The predicted molar refractivity (Wildman–Crippen MR) is 62.3 cm³/mol. The summed E-state index contributed by atoms with van der Waals surface area (Å²) < 4.78 is 23.6. The van der Waals surface area contributed by atoms with Crippen molar-refractivity contribution >= 4 is 11.6 Å². The number of hydrogen-bond acceptors (Lipinski definition) is 3. The molecule has 0 aliphatic carbocycles. The zero-order chi connectivity index (χ0) is 12.3. The van der Waals surface area contributed by atoms with Crippen molar-refractivity contribution in [3.8, 4) is 5.75 Å². The number of ether oxygens (including phenoxy) is 1. The van der Waals surface area contributed by atoms with Gasteiger partial charge in [0.25, 0.3) is 0 Å². The molecule has 0 bridgehead atoms. The molecule has 0 spiro atoms. The van der Waals surface area contributed by atoms with E-state index in [1.807, 2.05) is 0 Å². The Hall–Kier alpha value is -1.52. The fourth-order valence-electron chi connectivity index (χ4n) is 1.39. The van der Waals surface area contributed by atoms with Crippen molar-refractivity contribution in [2.45, 2.75) is 13.2 Å². The Morgan fingerprint density at radius 2 is 2.18 bits per heavy atom. The lowest BCUT2D eigenvalue weighted by molar-refractivity contribution is 0.268. The SMILES string of the molecule is NCc1ccoc1COc1ccc(F)c(Cl)c1. The molecule has 0 fully saturated rings. The van der Waals surface area contributed by atoms with E-state index in [0.29, 0.717) is 18.1 Å². The minimum Gasteiger partial charge on any atom is -0.486 e. The van der Waals surface area contributed by atoms with E-state index in [1.54, 1.807) is 12.3 Å². The zero-order valence-electron chi connectivity index (χ0n) is 8.95. The molecule has 2 N–H and O–H groups in total. The highest BCUT2D eigenvalue weighted by atomic mass is 35.5. The minimum absolute atomic E-state index is 0.0287. The van der Waals surface area contributed by atoms with Gasteiger partial charge < -0.3 is 14.9 Å². The number of hydrogen-bond donors (Lipinski definition) is 1. The van der Waals surface area contributed by atoms with Gasteiger partial charge in [0, 0.05) is 18.2 Å². The van der Waals surface area contributed by atoms with Gasteiger partial charge in [0.15, 0.2) is 0 Å². The van der Waals surface area contributed by atoms with Crippen LogP contribution < -0.4 is 10.5 Å². The lowest BCUT2D eigenvalue weighted by atomic mass is 10.2. The molecule has 0 radical (unpaired) electrons. The Kier molecular flexibility index (Phi) is 3.66. The molecule has 0 aliphatic heterocycles. The Bertz CT molecular complexity index is 513. The van der Waals surface area contributed by atoms with Gasteiger partial charge in [-0.05, 0) is 18.2 Å². The number of rotatable bonds is 4. The maximum atomic E-state index is 12.9. The van der Waals surface area contributed by atoms with Crippen LogP contribution >= 0.6 is 11.6 Å². The fraction of sp³-hybridized carbons (Fsp3) is 0.167. The molecule has 3 nitrogen and oxygen atoms in total. The molecule has 90 valence electrons. The van der Waals surface area contributed by atoms with E-state index in [4.69, 9.17) is 26.5 Å². The summed E-state index contributed by atoms with van der Waals surface area (Å²) >= 11 is 5.63. The molecule has 1 heterocycles. The third kappa shape index (κ3) is 2.78. The average molecular weight is 256 g/mol. The second-order valence-corrected chi connectivity index (χ2v) is 3.84. The highest BCUT2D eigenvalue weighted by molar-refractivity contribution is 6.30. The summed E-state index contributed by atoms with van der Waals surface area (Å²) in [6.07, 6.45) is 1.55. The van der Waals surface area contributed by atoms with E-state index < -0.39 is 5.82 Å². The van der Waals surface area contributed by atoms with Crippen LogP contribution in [0.3, 0.4) is 0 Å². The molecule has 2 aromatic rings. The van der Waals surface area contributed by atoms with Gasteiger partial charge in [-0.25, -0.2) is 4.39 Å². The molecule has 17 heavy (non-hydrogen) atoms. The third-order valence-corrected chi connectivity index (χ3v) is 2.61. The van der Waals surface area contributed by atoms with Crippen molar-refractivity contribution in [2.75, 3.05) is 0 Å². The van der Waals surface area contributed by atoms with Crippen molar-refractivity contribution in [1.29, 1.82) is 0 Å².